The zero-order valence-corrected chi connectivity index (χ0v) is 14.8. The smallest absolute Gasteiger partial charge is 0.234 e. The Kier molecular flexibility index (Phi) is 5.37. The van der Waals surface area contributed by atoms with Gasteiger partial charge in [-0.1, -0.05) is 12.1 Å². The summed E-state index contributed by atoms with van der Waals surface area (Å²) < 4.78 is 12.9. The lowest BCUT2D eigenvalue weighted by atomic mass is 9.77. The monoisotopic (exact) mass is 347 g/mol. The molecule has 2 fully saturated rings. The summed E-state index contributed by atoms with van der Waals surface area (Å²) in [6.45, 7) is 3.55. The molecule has 2 heterocycles. The second-order valence-electron chi connectivity index (χ2n) is 7.43. The summed E-state index contributed by atoms with van der Waals surface area (Å²) in [7, 11) is 1.87. The van der Waals surface area contributed by atoms with Crippen LogP contribution in [0.3, 0.4) is 0 Å². The lowest BCUT2D eigenvalue weighted by Gasteiger charge is -2.38. The highest BCUT2D eigenvalue weighted by atomic mass is 19.1. The summed E-state index contributed by atoms with van der Waals surface area (Å²) in [6, 6.07) is 6.36. The van der Waals surface area contributed by atoms with Crippen molar-refractivity contribution in [3.05, 3.63) is 35.6 Å². The molecule has 2 aliphatic heterocycles. The third-order valence-electron chi connectivity index (χ3n) is 5.46. The number of likely N-dealkylation sites (tertiary alicyclic amines) is 2. The van der Waals surface area contributed by atoms with Crippen LogP contribution in [0.15, 0.2) is 24.3 Å². The Morgan fingerprint density at radius 1 is 1.24 bits per heavy atom. The van der Waals surface area contributed by atoms with Crippen LogP contribution in [0.5, 0.6) is 0 Å². The predicted molar refractivity (Wildman–Crippen MR) is 93.5 cm³/mol. The van der Waals surface area contributed by atoms with Crippen LogP contribution in [0, 0.1) is 11.2 Å². The largest absolute Gasteiger partial charge is 0.355 e. The summed E-state index contributed by atoms with van der Waals surface area (Å²) in [5, 5.41) is 2.93. The zero-order chi connectivity index (χ0) is 17.9. The van der Waals surface area contributed by atoms with Crippen molar-refractivity contribution in [1.29, 1.82) is 0 Å². The van der Waals surface area contributed by atoms with Crippen LogP contribution in [-0.4, -0.2) is 61.4 Å². The first-order chi connectivity index (χ1) is 12.0. The summed E-state index contributed by atoms with van der Waals surface area (Å²) in [5.74, 6) is 0.0236. The van der Waals surface area contributed by atoms with E-state index in [1.165, 1.54) is 12.1 Å². The maximum absolute atomic E-state index is 12.9. The Labute approximate surface area is 148 Å². The van der Waals surface area contributed by atoms with E-state index in [-0.39, 0.29) is 23.0 Å². The van der Waals surface area contributed by atoms with E-state index in [2.05, 4.69) is 10.2 Å². The molecule has 1 spiro atoms. The van der Waals surface area contributed by atoms with Gasteiger partial charge in [-0.15, -0.1) is 0 Å². The van der Waals surface area contributed by atoms with Crippen molar-refractivity contribution in [3.63, 3.8) is 0 Å². The van der Waals surface area contributed by atoms with E-state index in [0.29, 0.717) is 25.9 Å². The molecule has 25 heavy (non-hydrogen) atoms. The highest BCUT2D eigenvalue weighted by molar-refractivity contribution is 5.79. The highest BCUT2D eigenvalue weighted by Crippen LogP contribution is 2.40. The molecule has 0 atom stereocenters. The predicted octanol–water partition coefficient (Wildman–Crippen LogP) is 1.43. The third-order valence-corrected chi connectivity index (χ3v) is 5.46. The fourth-order valence-corrected chi connectivity index (χ4v) is 3.88. The second kappa shape index (κ2) is 7.52. The molecule has 6 heteroatoms. The minimum Gasteiger partial charge on any atom is -0.355 e. The van der Waals surface area contributed by atoms with E-state index in [4.69, 9.17) is 0 Å². The van der Waals surface area contributed by atoms with E-state index < -0.39 is 0 Å². The molecule has 0 bridgehead atoms. The van der Waals surface area contributed by atoms with Gasteiger partial charge in [-0.3, -0.25) is 14.5 Å². The Morgan fingerprint density at radius 2 is 1.92 bits per heavy atom. The molecule has 0 radical (unpaired) electrons. The maximum atomic E-state index is 12.9. The van der Waals surface area contributed by atoms with E-state index in [9.17, 15) is 14.0 Å². The standard InChI is InChI=1S/C19H26FN3O2/c1-22-14-19(12-18(22)25)7-10-23(11-8-19)13-17(24)21-9-6-15-2-4-16(20)5-3-15/h2-5H,6-14H2,1H3,(H,21,24). The van der Waals surface area contributed by atoms with Gasteiger partial charge in [0, 0.05) is 26.6 Å². The molecule has 0 aromatic heterocycles. The molecule has 5 nitrogen and oxygen atoms in total. The first-order valence-electron chi connectivity index (χ1n) is 8.93. The topological polar surface area (TPSA) is 52.6 Å². The van der Waals surface area contributed by atoms with Crippen LogP contribution in [0.25, 0.3) is 0 Å². The Hall–Kier alpha value is -1.95. The van der Waals surface area contributed by atoms with Gasteiger partial charge in [0.05, 0.1) is 6.54 Å². The number of hydrogen-bond acceptors (Lipinski definition) is 3. The van der Waals surface area contributed by atoms with Crippen LogP contribution in [0.4, 0.5) is 4.39 Å². The van der Waals surface area contributed by atoms with Crippen LogP contribution >= 0.6 is 0 Å². The van der Waals surface area contributed by atoms with Gasteiger partial charge < -0.3 is 10.2 Å². The van der Waals surface area contributed by atoms with Gasteiger partial charge in [0.2, 0.25) is 11.8 Å². The first kappa shape index (κ1) is 17.9. The van der Waals surface area contributed by atoms with Crippen molar-refractivity contribution in [1.82, 2.24) is 15.1 Å². The molecule has 0 aliphatic carbocycles. The number of halogens is 1. The van der Waals surface area contributed by atoms with Crippen LogP contribution in [-0.2, 0) is 16.0 Å². The number of carbonyl (C=O) groups is 2. The van der Waals surface area contributed by atoms with E-state index in [1.807, 2.05) is 11.9 Å². The molecule has 1 aromatic carbocycles. The number of hydrogen-bond donors (Lipinski definition) is 1. The zero-order valence-electron chi connectivity index (χ0n) is 14.8. The molecule has 2 amide bonds. The van der Waals surface area contributed by atoms with Crippen molar-refractivity contribution in [3.8, 4) is 0 Å². The van der Waals surface area contributed by atoms with E-state index in [0.717, 1.165) is 38.0 Å². The fourth-order valence-electron chi connectivity index (χ4n) is 3.88. The first-order valence-corrected chi connectivity index (χ1v) is 8.93. The molecule has 0 unspecified atom stereocenters. The molecule has 1 aromatic rings. The highest BCUT2D eigenvalue weighted by Gasteiger charge is 2.43. The van der Waals surface area contributed by atoms with Crippen molar-refractivity contribution in [2.24, 2.45) is 5.41 Å². The Bertz CT molecular complexity index is 624. The van der Waals surface area contributed by atoms with Crippen molar-refractivity contribution >= 4 is 11.8 Å². The number of nitrogens with zero attached hydrogens (tertiary/aromatic N) is 2. The molecule has 0 saturated carbocycles. The number of nitrogens with one attached hydrogen (secondary N) is 1. The van der Waals surface area contributed by atoms with Gasteiger partial charge >= 0.3 is 0 Å². The summed E-state index contributed by atoms with van der Waals surface area (Å²) >= 11 is 0. The fraction of sp³-hybridized carbons (Fsp3) is 0.579. The lowest BCUT2D eigenvalue weighted by Crippen LogP contribution is -2.45. The molecular weight excluding hydrogens is 321 g/mol. The van der Waals surface area contributed by atoms with Crippen molar-refractivity contribution in [2.75, 3.05) is 39.8 Å². The van der Waals surface area contributed by atoms with E-state index >= 15 is 0 Å². The minimum absolute atomic E-state index is 0.0256. The molecule has 136 valence electrons. The number of carbonyl (C=O) groups excluding carboxylic acids is 2. The lowest BCUT2D eigenvalue weighted by molar-refractivity contribution is -0.127. The number of piperidine rings is 1. The second-order valence-corrected chi connectivity index (χ2v) is 7.43. The summed E-state index contributed by atoms with van der Waals surface area (Å²) in [4.78, 5) is 27.9. The SMILES string of the molecule is CN1CC2(CCN(CC(=O)NCCc3ccc(F)cc3)CC2)CC1=O. The number of amides is 2. The quantitative estimate of drug-likeness (QED) is 0.877. The van der Waals surface area contributed by atoms with Gasteiger partial charge in [-0.25, -0.2) is 4.39 Å². The molecule has 2 saturated heterocycles. The van der Waals surface area contributed by atoms with Gasteiger partial charge in [0.25, 0.3) is 0 Å². The van der Waals surface area contributed by atoms with Gasteiger partial charge in [0.1, 0.15) is 5.82 Å². The summed E-state index contributed by atoms with van der Waals surface area (Å²) in [6.07, 6.45) is 3.31. The number of benzene rings is 1. The van der Waals surface area contributed by atoms with Gasteiger partial charge in [0.15, 0.2) is 0 Å². The average Bonchev–Trinajstić information content (AvgIpc) is 2.86. The van der Waals surface area contributed by atoms with Gasteiger partial charge in [-0.2, -0.15) is 0 Å². The maximum Gasteiger partial charge on any atom is 0.234 e. The van der Waals surface area contributed by atoms with Crippen molar-refractivity contribution < 1.29 is 14.0 Å². The van der Waals surface area contributed by atoms with Crippen LogP contribution in [0.2, 0.25) is 0 Å². The third kappa shape index (κ3) is 4.57. The average molecular weight is 347 g/mol. The normalized spacial score (nSPS) is 20.2. The molecule has 2 aliphatic rings. The Balaban J connectivity index is 1.36. The number of rotatable bonds is 5. The van der Waals surface area contributed by atoms with Crippen LogP contribution < -0.4 is 5.32 Å². The van der Waals surface area contributed by atoms with Crippen molar-refractivity contribution in [2.45, 2.75) is 25.7 Å². The van der Waals surface area contributed by atoms with Gasteiger partial charge in [-0.05, 0) is 55.5 Å². The Morgan fingerprint density at radius 3 is 2.52 bits per heavy atom. The van der Waals surface area contributed by atoms with E-state index in [1.54, 1.807) is 12.1 Å². The molecular formula is C19H26FN3O2. The molecule has 3 rings (SSSR count). The summed E-state index contributed by atoms with van der Waals surface area (Å²) in [5.41, 5.74) is 1.14. The molecule has 1 N–H and O–H groups in total. The van der Waals surface area contributed by atoms with Crippen LogP contribution in [0.1, 0.15) is 24.8 Å². The minimum atomic E-state index is -0.245.